The van der Waals surface area contributed by atoms with Crippen molar-refractivity contribution in [1.29, 1.82) is 0 Å². The Kier molecular flexibility index (Phi) is 6.12. The first-order valence-electron chi connectivity index (χ1n) is 6.00. The molecule has 1 N–H and O–H groups in total. The Morgan fingerprint density at radius 2 is 2.11 bits per heavy atom. The van der Waals surface area contributed by atoms with Crippen molar-refractivity contribution < 1.29 is 8.42 Å². The maximum Gasteiger partial charge on any atom is 0.147 e. The van der Waals surface area contributed by atoms with E-state index in [4.69, 9.17) is 11.6 Å². The fraction of sp³-hybridized carbons (Fsp3) is 0.538. The van der Waals surface area contributed by atoms with Gasteiger partial charge >= 0.3 is 0 Å². The zero-order valence-electron chi connectivity index (χ0n) is 10.8. The van der Waals surface area contributed by atoms with Gasteiger partial charge in [-0.1, -0.05) is 23.7 Å². The minimum atomic E-state index is -2.86. The molecule has 0 aliphatic carbocycles. The first-order valence-corrected chi connectivity index (χ1v) is 8.44. The van der Waals surface area contributed by atoms with Crippen LogP contribution in [0, 0.1) is 0 Å². The fourth-order valence-electron chi connectivity index (χ4n) is 1.89. The van der Waals surface area contributed by atoms with Crippen molar-refractivity contribution in [2.75, 3.05) is 19.1 Å². The van der Waals surface area contributed by atoms with Crippen LogP contribution in [0.4, 0.5) is 0 Å². The summed E-state index contributed by atoms with van der Waals surface area (Å²) < 4.78 is 22.1. The molecule has 0 spiro atoms. The Morgan fingerprint density at radius 3 is 2.67 bits per heavy atom. The summed E-state index contributed by atoms with van der Waals surface area (Å²) in [4.78, 5) is 0. The molecule has 102 valence electrons. The van der Waals surface area contributed by atoms with Gasteiger partial charge in [0.1, 0.15) is 9.84 Å². The summed E-state index contributed by atoms with van der Waals surface area (Å²) in [6, 6.07) is 8.05. The number of benzene rings is 1. The molecule has 18 heavy (non-hydrogen) atoms. The Labute approximate surface area is 114 Å². The van der Waals surface area contributed by atoms with Gasteiger partial charge in [0.25, 0.3) is 0 Å². The lowest BCUT2D eigenvalue weighted by molar-refractivity contribution is 0.511. The van der Waals surface area contributed by atoms with Crippen LogP contribution in [0.2, 0.25) is 5.02 Å². The maximum atomic E-state index is 11.1. The molecule has 1 atom stereocenters. The highest BCUT2D eigenvalue weighted by molar-refractivity contribution is 7.90. The van der Waals surface area contributed by atoms with E-state index in [0.717, 1.165) is 17.9 Å². The molecule has 1 aromatic rings. The number of hydrogen-bond acceptors (Lipinski definition) is 3. The van der Waals surface area contributed by atoms with Gasteiger partial charge in [0, 0.05) is 23.1 Å². The van der Waals surface area contributed by atoms with Gasteiger partial charge in [0.15, 0.2) is 0 Å². The van der Waals surface area contributed by atoms with Crippen LogP contribution in [0.25, 0.3) is 0 Å². The van der Waals surface area contributed by atoms with E-state index in [0.29, 0.717) is 6.42 Å². The highest BCUT2D eigenvalue weighted by Gasteiger charge is 2.09. The molecule has 0 bridgehead atoms. The Morgan fingerprint density at radius 1 is 1.39 bits per heavy atom. The van der Waals surface area contributed by atoms with Crippen LogP contribution in [0.5, 0.6) is 0 Å². The largest absolute Gasteiger partial charge is 0.317 e. The van der Waals surface area contributed by atoms with E-state index in [1.807, 2.05) is 31.3 Å². The van der Waals surface area contributed by atoms with E-state index in [9.17, 15) is 8.42 Å². The molecule has 0 amide bonds. The van der Waals surface area contributed by atoms with Crippen molar-refractivity contribution in [3.8, 4) is 0 Å². The van der Waals surface area contributed by atoms with E-state index in [-0.39, 0.29) is 11.8 Å². The molecule has 1 aromatic carbocycles. The number of halogens is 1. The molecule has 0 radical (unpaired) electrons. The lowest BCUT2D eigenvalue weighted by Gasteiger charge is -2.16. The minimum Gasteiger partial charge on any atom is -0.317 e. The second kappa shape index (κ2) is 7.12. The molecule has 0 aliphatic heterocycles. The highest BCUT2D eigenvalue weighted by atomic mass is 35.5. The Hall–Kier alpha value is -0.580. The van der Waals surface area contributed by atoms with Crippen molar-refractivity contribution in [2.24, 2.45) is 0 Å². The van der Waals surface area contributed by atoms with E-state index in [1.54, 1.807) is 0 Å². The third-order valence-corrected chi connectivity index (χ3v) is 4.11. The zero-order chi connectivity index (χ0) is 13.6. The number of sulfone groups is 1. The predicted molar refractivity (Wildman–Crippen MR) is 76.9 cm³/mol. The van der Waals surface area contributed by atoms with Gasteiger partial charge in [-0.2, -0.15) is 0 Å². The second-order valence-corrected chi connectivity index (χ2v) is 7.29. The summed E-state index contributed by atoms with van der Waals surface area (Å²) in [5, 5.41) is 3.95. The standard InChI is InChI=1S/C13H20ClNO2S/c1-15-13(7-4-8-18(2,16)17)10-11-5-3-6-12(14)9-11/h3,5-6,9,13,15H,4,7-8,10H2,1-2H3. The van der Waals surface area contributed by atoms with Crippen LogP contribution < -0.4 is 5.32 Å². The van der Waals surface area contributed by atoms with Crippen molar-refractivity contribution in [1.82, 2.24) is 5.32 Å². The number of hydrogen-bond donors (Lipinski definition) is 1. The summed E-state index contributed by atoms with van der Waals surface area (Å²) in [6.07, 6.45) is 3.67. The van der Waals surface area contributed by atoms with Gasteiger partial charge in [-0.05, 0) is 44.0 Å². The van der Waals surface area contributed by atoms with Crippen LogP contribution >= 0.6 is 11.6 Å². The first-order chi connectivity index (χ1) is 8.40. The van der Waals surface area contributed by atoms with Crippen molar-refractivity contribution >= 4 is 21.4 Å². The molecule has 0 aromatic heterocycles. The van der Waals surface area contributed by atoms with Gasteiger partial charge in [-0.3, -0.25) is 0 Å². The van der Waals surface area contributed by atoms with E-state index >= 15 is 0 Å². The maximum absolute atomic E-state index is 11.1. The van der Waals surface area contributed by atoms with Gasteiger partial charge in [0.05, 0.1) is 0 Å². The average Bonchev–Trinajstić information content (AvgIpc) is 2.26. The molecule has 0 fully saturated rings. The number of nitrogens with one attached hydrogen (secondary N) is 1. The normalized spacial score (nSPS) is 13.5. The van der Waals surface area contributed by atoms with E-state index in [1.165, 1.54) is 11.8 Å². The van der Waals surface area contributed by atoms with Crippen LogP contribution in [-0.4, -0.2) is 33.5 Å². The first kappa shape index (κ1) is 15.5. The smallest absolute Gasteiger partial charge is 0.147 e. The summed E-state index contributed by atoms with van der Waals surface area (Å²) in [7, 11) is -0.958. The highest BCUT2D eigenvalue weighted by Crippen LogP contribution is 2.14. The Bertz CT molecular complexity index is 474. The minimum absolute atomic E-state index is 0.251. The molecule has 0 aliphatic rings. The summed E-state index contributed by atoms with van der Waals surface area (Å²) >= 11 is 5.94. The third kappa shape index (κ3) is 6.38. The SMILES string of the molecule is CNC(CCCS(C)(=O)=O)Cc1cccc(Cl)c1. The monoisotopic (exact) mass is 289 g/mol. The van der Waals surface area contributed by atoms with Crippen LogP contribution in [0.3, 0.4) is 0 Å². The van der Waals surface area contributed by atoms with Crippen molar-refractivity contribution in [2.45, 2.75) is 25.3 Å². The third-order valence-electron chi connectivity index (χ3n) is 2.85. The summed E-state index contributed by atoms with van der Waals surface area (Å²) in [5.41, 5.74) is 1.17. The lowest BCUT2D eigenvalue weighted by atomic mass is 10.0. The average molecular weight is 290 g/mol. The van der Waals surface area contributed by atoms with Gasteiger partial charge < -0.3 is 5.32 Å². The zero-order valence-corrected chi connectivity index (χ0v) is 12.4. The quantitative estimate of drug-likeness (QED) is 0.838. The van der Waals surface area contributed by atoms with Gasteiger partial charge in [0.2, 0.25) is 0 Å². The van der Waals surface area contributed by atoms with E-state index < -0.39 is 9.84 Å². The number of rotatable bonds is 7. The van der Waals surface area contributed by atoms with Crippen LogP contribution in [0.15, 0.2) is 24.3 Å². The van der Waals surface area contributed by atoms with Gasteiger partial charge in [-0.25, -0.2) is 8.42 Å². The molecule has 3 nitrogen and oxygen atoms in total. The van der Waals surface area contributed by atoms with Gasteiger partial charge in [-0.15, -0.1) is 0 Å². The van der Waals surface area contributed by atoms with Crippen LogP contribution in [-0.2, 0) is 16.3 Å². The van der Waals surface area contributed by atoms with E-state index in [2.05, 4.69) is 5.32 Å². The topological polar surface area (TPSA) is 46.2 Å². The number of likely N-dealkylation sites (N-methyl/N-ethyl adjacent to an activating group) is 1. The molecule has 0 saturated carbocycles. The summed E-state index contributed by atoms with van der Waals surface area (Å²) in [5.74, 6) is 0.251. The van der Waals surface area contributed by atoms with Crippen molar-refractivity contribution in [3.05, 3.63) is 34.9 Å². The van der Waals surface area contributed by atoms with Crippen LogP contribution in [0.1, 0.15) is 18.4 Å². The predicted octanol–water partition coefficient (Wildman–Crippen LogP) is 2.30. The molecule has 1 rings (SSSR count). The Balaban J connectivity index is 2.47. The fourth-order valence-corrected chi connectivity index (χ4v) is 2.79. The van der Waals surface area contributed by atoms with Crippen molar-refractivity contribution in [3.63, 3.8) is 0 Å². The molecule has 1 unspecified atom stereocenters. The lowest BCUT2D eigenvalue weighted by Crippen LogP contribution is -2.28. The molecular formula is C13H20ClNO2S. The second-order valence-electron chi connectivity index (χ2n) is 4.59. The summed E-state index contributed by atoms with van der Waals surface area (Å²) in [6.45, 7) is 0. The molecule has 5 heteroatoms. The molecule has 0 saturated heterocycles. The molecule has 0 heterocycles. The molecular weight excluding hydrogens is 270 g/mol.